The third kappa shape index (κ3) is 5.87. The monoisotopic (exact) mass is 417 g/mol. The fraction of sp³-hybridized carbons (Fsp3) is 0.409. The number of hydrogen-bond donors (Lipinski definition) is 1. The molecule has 0 heterocycles. The van der Waals surface area contributed by atoms with Crippen LogP contribution >= 0.6 is 15.9 Å². The van der Waals surface area contributed by atoms with Crippen LogP contribution < -0.4 is 10.1 Å². The molecule has 0 unspecified atom stereocenters. The van der Waals surface area contributed by atoms with Crippen LogP contribution in [0.3, 0.4) is 0 Å². The number of anilines is 1. The number of nitrogens with one attached hydrogen (secondary N) is 1. The van der Waals surface area contributed by atoms with Crippen molar-refractivity contribution in [1.29, 1.82) is 0 Å². The SMILES string of the molecule is Cc1ccc(NC(=O)CCCOc2ccc(C(C)(C)C)cc2Br)cc1C. The van der Waals surface area contributed by atoms with E-state index in [0.717, 1.165) is 15.9 Å². The van der Waals surface area contributed by atoms with Crippen molar-refractivity contribution >= 4 is 27.5 Å². The minimum atomic E-state index is 0.0130. The first-order chi connectivity index (χ1) is 12.2. The summed E-state index contributed by atoms with van der Waals surface area (Å²) in [7, 11) is 0. The number of aryl methyl sites for hydroxylation is 2. The Hall–Kier alpha value is -1.81. The summed E-state index contributed by atoms with van der Waals surface area (Å²) in [6, 6.07) is 12.1. The molecule has 3 nitrogen and oxygen atoms in total. The smallest absolute Gasteiger partial charge is 0.224 e. The Labute approximate surface area is 165 Å². The summed E-state index contributed by atoms with van der Waals surface area (Å²) in [5.74, 6) is 0.826. The Balaban J connectivity index is 1.79. The van der Waals surface area contributed by atoms with E-state index in [-0.39, 0.29) is 11.3 Å². The van der Waals surface area contributed by atoms with E-state index in [1.54, 1.807) is 0 Å². The molecule has 2 aromatic rings. The predicted octanol–water partition coefficient (Wildman–Crippen LogP) is 6.16. The van der Waals surface area contributed by atoms with Gasteiger partial charge in [0, 0.05) is 12.1 Å². The van der Waals surface area contributed by atoms with Crippen LogP contribution in [0.5, 0.6) is 5.75 Å². The van der Waals surface area contributed by atoms with E-state index in [0.29, 0.717) is 19.4 Å². The van der Waals surface area contributed by atoms with E-state index >= 15 is 0 Å². The van der Waals surface area contributed by atoms with Crippen LogP contribution in [0.4, 0.5) is 5.69 Å². The Morgan fingerprint density at radius 3 is 2.42 bits per heavy atom. The maximum absolute atomic E-state index is 12.1. The van der Waals surface area contributed by atoms with Gasteiger partial charge in [0.15, 0.2) is 0 Å². The van der Waals surface area contributed by atoms with Crippen molar-refractivity contribution in [2.24, 2.45) is 0 Å². The zero-order chi connectivity index (χ0) is 19.3. The molecule has 140 valence electrons. The quantitative estimate of drug-likeness (QED) is 0.571. The molecule has 0 bridgehead atoms. The normalized spacial score (nSPS) is 11.3. The Bertz CT molecular complexity index is 778. The van der Waals surface area contributed by atoms with Gasteiger partial charge in [-0.3, -0.25) is 4.79 Å². The first kappa shape index (κ1) is 20.5. The number of amides is 1. The molecule has 0 spiro atoms. The molecule has 0 aliphatic rings. The summed E-state index contributed by atoms with van der Waals surface area (Å²) in [6.07, 6.45) is 1.11. The Morgan fingerprint density at radius 1 is 1.08 bits per heavy atom. The zero-order valence-corrected chi connectivity index (χ0v) is 17.9. The van der Waals surface area contributed by atoms with E-state index in [2.05, 4.69) is 61.1 Å². The molecule has 0 aromatic heterocycles. The summed E-state index contributed by atoms with van der Waals surface area (Å²) in [5, 5.41) is 2.94. The molecule has 0 atom stereocenters. The van der Waals surface area contributed by atoms with Crippen LogP contribution in [0.25, 0.3) is 0 Å². The van der Waals surface area contributed by atoms with E-state index in [9.17, 15) is 4.79 Å². The van der Waals surface area contributed by atoms with Crippen molar-refractivity contribution in [2.45, 2.75) is 52.9 Å². The second-order valence-corrected chi connectivity index (χ2v) is 8.55. The van der Waals surface area contributed by atoms with Crippen molar-refractivity contribution in [3.8, 4) is 5.75 Å². The minimum absolute atomic E-state index is 0.0130. The molecule has 1 amide bonds. The highest BCUT2D eigenvalue weighted by Gasteiger charge is 2.15. The largest absolute Gasteiger partial charge is 0.492 e. The van der Waals surface area contributed by atoms with Crippen molar-refractivity contribution in [3.63, 3.8) is 0 Å². The number of ether oxygens (including phenoxy) is 1. The van der Waals surface area contributed by atoms with Gasteiger partial charge in [0.2, 0.25) is 5.91 Å². The van der Waals surface area contributed by atoms with Crippen LogP contribution in [0.2, 0.25) is 0 Å². The van der Waals surface area contributed by atoms with Gasteiger partial charge in [0.1, 0.15) is 5.75 Å². The van der Waals surface area contributed by atoms with Gasteiger partial charge in [-0.05, 0) is 82.6 Å². The first-order valence-corrected chi connectivity index (χ1v) is 9.76. The van der Waals surface area contributed by atoms with Gasteiger partial charge >= 0.3 is 0 Å². The number of carbonyl (C=O) groups excluding carboxylic acids is 1. The molecule has 26 heavy (non-hydrogen) atoms. The predicted molar refractivity (Wildman–Crippen MR) is 112 cm³/mol. The Kier molecular flexibility index (Phi) is 6.87. The first-order valence-electron chi connectivity index (χ1n) is 8.97. The molecular weight excluding hydrogens is 390 g/mol. The van der Waals surface area contributed by atoms with E-state index < -0.39 is 0 Å². The maximum atomic E-state index is 12.1. The fourth-order valence-electron chi connectivity index (χ4n) is 2.54. The van der Waals surface area contributed by atoms with E-state index in [4.69, 9.17) is 4.74 Å². The van der Waals surface area contributed by atoms with Crippen LogP contribution in [0.15, 0.2) is 40.9 Å². The lowest BCUT2D eigenvalue weighted by molar-refractivity contribution is -0.116. The number of halogens is 1. The van der Waals surface area contributed by atoms with E-state index in [1.807, 2.05) is 31.2 Å². The summed E-state index contributed by atoms with van der Waals surface area (Å²) in [5.41, 5.74) is 4.60. The molecule has 0 aliphatic carbocycles. The lowest BCUT2D eigenvalue weighted by Gasteiger charge is -2.20. The topological polar surface area (TPSA) is 38.3 Å². The van der Waals surface area contributed by atoms with Crippen molar-refractivity contribution in [1.82, 2.24) is 0 Å². The highest BCUT2D eigenvalue weighted by molar-refractivity contribution is 9.10. The van der Waals surface area contributed by atoms with Gasteiger partial charge in [-0.2, -0.15) is 0 Å². The third-order valence-electron chi connectivity index (χ3n) is 4.39. The molecule has 2 rings (SSSR count). The number of hydrogen-bond acceptors (Lipinski definition) is 2. The van der Waals surface area contributed by atoms with Gasteiger partial charge in [-0.15, -0.1) is 0 Å². The average molecular weight is 418 g/mol. The molecule has 0 radical (unpaired) electrons. The molecule has 0 saturated heterocycles. The molecule has 2 aromatic carbocycles. The lowest BCUT2D eigenvalue weighted by atomic mass is 9.87. The van der Waals surface area contributed by atoms with Gasteiger partial charge in [0.05, 0.1) is 11.1 Å². The second kappa shape index (κ2) is 8.72. The van der Waals surface area contributed by atoms with Crippen LogP contribution in [0.1, 0.15) is 50.3 Å². The van der Waals surface area contributed by atoms with Gasteiger partial charge in [-0.25, -0.2) is 0 Å². The molecule has 4 heteroatoms. The number of benzene rings is 2. The van der Waals surface area contributed by atoms with Crippen LogP contribution in [0, 0.1) is 13.8 Å². The summed E-state index contributed by atoms with van der Waals surface area (Å²) in [6.45, 7) is 11.2. The standard InChI is InChI=1S/C22H28BrNO2/c1-15-8-10-18(13-16(15)2)24-21(25)7-6-12-26-20-11-9-17(14-19(20)23)22(3,4)5/h8-11,13-14H,6-7,12H2,1-5H3,(H,24,25). The van der Waals surface area contributed by atoms with Crippen molar-refractivity contribution in [3.05, 3.63) is 57.6 Å². The van der Waals surface area contributed by atoms with Crippen molar-refractivity contribution in [2.75, 3.05) is 11.9 Å². The fourth-order valence-corrected chi connectivity index (χ4v) is 3.04. The molecular formula is C22H28BrNO2. The minimum Gasteiger partial charge on any atom is -0.492 e. The zero-order valence-electron chi connectivity index (χ0n) is 16.3. The van der Waals surface area contributed by atoms with Crippen LogP contribution in [-0.4, -0.2) is 12.5 Å². The van der Waals surface area contributed by atoms with Crippen molar-refractivity contribution < 1.29 is 9.53 Å². The molecule has 0 fully saturated rings. The Morgan fingerprint density at radius 2 is 1.81 bits per heavy atom. The second-order valence-electron chi connectivity index (χ2n) is 7.69. The molecule has 0 saturated carbocycles. The number of rotatable bonds is 6. The summed E-state index contributed by atoms with van der Waals surface area (Å²) < 4.78 is 6.76. The molecule has 1 N–H and O–H groups in total. The lowest BCUT2D eigenvalue weighted by Crippen LogP contribution is -2.13. The third-order valence-corrected chi connectivity index (χ3v) is 5.01. The van der Waals surface area contributed by atoms with Gasteiger partial charge in [0.25, 0.3) is 0 Å². The van der Waals surface area contributed by atoms with Crippen LogP contribution in [-0.2, 0) is 10.2 Å². The van der Waals surface area contributed by atoms with Gasteiger partial charge < -0.3 is 10.1 Å². The highest BCUT2D eigenvalue weighted by Crippen LogP contribution is 2.31. The number of carbonyl (C=O) groups is 1. The highest BCUT2D eigenvalue weighted by atomic mass is 79.9. The maximum Gasteiger partial charge on any atom is 0.224 e. The average Bonchev–Trinajstić information content (AvgIpc) is 2.55. The molecule has 0 aliphatic heterocycles. The summed E-state index contributed by atoms with van der Waals surface area (Å²) >= 11 is 3.57. The van der Waals surface area contributed by atoms with E-state index in [1.165, 1.54) is 16.7 Å². The van der Waals surface area contributed by atoms with Gasteiger partial charge in [-0.1, -0.05) is 32.9 Å². The summed E-state index contributed by atoms with van der Waals surface area (Å²) in [4.78, 5) is 12.1.